The van der Waals surface area contributed by atoms with Gasteiger partial charge in [-0.2, -0.15) is 5.26 Å². The van der Waals surface area contributed by atoms with Crippen molar-refractivity contribution in [3.8, 4) is 6.07 Å². The molecular weight excluding hydrogens is 156 g/mol. The van der Waals surface area contributed by atoms with Gasteiger partial charge in [-0.3, -0.25) is 0 Å². The summed E-state index contributed by atoms with van der Waals surface area (Å²) in [5.74, 6) is -1.07. The normalized spacial score (nSPS) is 8.92. The van der Waals surface area contributed by atoms with Crippen molar-refractivity contribution in [1.82, 2.24) is 4.98 Å². The van der Waals surface area contributed by atoms with Gasteiger partial charge in [0.1, 0.15) is 5.69 Å². The molecule has 1 aromatic rings. The highest BCUT2D eigenvalue weighted by Crippen LogP contribution is 2.01. The van der Waals surface area contributed by atoms with Crippen LogP contribution >= 0.6 is 0 Å². The highest BCUT2D eigenvalue weighted by Gasteiger charge is 2.03. The topological polar surface area (TPSA) is 74.0 Å². The van der Waals surface area contributed by atoms with Crippen LogP contribution in [-0.4, -0.2) is 16.1 Å². The number of hydrogen-bond donors (Lipinski definition) is 1. The average Bonchev–Trinajstić information content (AvgIpc) is 2.05. The Labute approximate surface area is 69.1 Å². The van der Waals surface area contributed by atoms with Gasteiger partial charge in [-0.15, -0.1) is 0 Å². The zero-order valence-corrected chi connectivity index (χ0v) is 6.19. The number of hydrogen-bond acceptors (Lipinski definition) is 3. The molecule has 0 unspecified atom stereocenters. The van der Waals surface area contributed by atoms with Gasteiger partial charge in [-0.1, -0.05) is 0 Å². The van der Waals surface area contributed by atoms with Crippen LogP contribution in [0.3, 0.4) is 0 Å². The molecule has 0 saturated heterocycles. The first-order valence-corrected chi connectivity index (χ1v) is 3.29. The first-order valence-electron chi connectivity index (χ1n) is 3.29. The van der Waals surface area contributed by atoms with Crippen LogP contribution in [-0.2, 0) is 6.42 Å². The number of nitriles is 1. The van der Waals surface area contributed by atoms with E-state index in [9.17, 15) is 4.79 Å². The predicted molar refractivity (Wildman–Crippen MR) is 40.5 cm³/mol. The Hall–Kier alpha value is -1.89. The molecule has 1 aromatic heterocycles. The van der Waals surface area contributed by atoms with Crippen LogP contribution in [0.25, 0.3) is 0 Å². The molecule has 0 atom stereocenters. The summed E-state index contributed by atoms with van der Waals surface area (Å²) >= 11 is 0. The van der Waals surface area contributed by atoms with Crippen molar-refractivity contribution >= 4 is 5.97 Å². The van der Waals surface area contributed by atoms with E-state index in [1.807, 2.05) is 6.07 Å². The van der Waals surface area contributed by atoms with Crippen molar-refractivity contribution in [3.05, 3.63) is 29.6 Å². The summed E-state index contributed by atoms with van der Waals surface area (Å²) in [4.78, 5) is 14.0. The Morgan fingerprint density at radius 2 is 2.50 bits per heavy atom. The van der Waals surface area contributed by atoms with Crippen molar-refractivity contribution in [1.29, 1.82) is 5.26 Å². The molecule has 4 nitrogen and oxygen atoms in total. The molecule has 0 aliphatic heterocycles. The fourth-order valence-corrected chi connectivity index (χ4v) is 0.792. The minimum atomic E-state index is -1.07. The van der Waals surface area contributed by atoms with Crippen molar-refractivity contribution in [3.63, 3.8) is 0 Å². The lowest BCUT2D eigenvalue weighted by atomic mass is 10.2. The maximum atomic E-state index is 10.4. The molecule has 0 aliphatic rings. The second kappa shape index (κ2) is 3.49. The fraction of sp³-hybridized carbons (Fsp3) is 0.125. The van der Waals surface area contributed by atoms with Crippen LogP contribution in [0, 0.1) is 11.3 Å². The predicted octanol–water partition coefficient (Wildman–Crippen LogP) is 0.846. The molecule has 0 saturated carbocycles. The summed E-state index contributed by atoms with van der Waals surface area (Å²) in [6, 6.07) is 4.94. The van der Waals surface area contributed by atoms with E-state index in [-0.39, 0.29) is 12.1 Å². The fourth-order valence-electron chi connectivity index (χ4n) is 0.792. The molecule has 0 fully saturated rings. The molecule has 60 valence electrons. The average molecular weight is 162 g/mol. The Bertz CT molecular complexity index is 341. The van der Waals surface area contributed by atoms with Crippen LogP contribution in [0.2, 0.25) is 0 Å². The number of carboxylic acid groups (broad SMARTS) is 1. The Balaban J connectivity index is 2.97. The first-order chi connectivity index (χ1) is 5.74. The second-order valence-corrected chi connectivity index (χ2v) is 2.19. The SMILES string of the molecule is N#CCc1ccnc(C(=O)O)c1. The summed E-state index contributed by atoms with van der Waals surface area (Å²) < 4.78 is 0. The van der Waals surface area contributed by atoms with E-state index >= 15 is 0 Å². The highest BCUT2D eigenvalue weighted by atomic mass is 16.4. The Morgan fingerprint density at radius 1 is 1.75 bits per heavy atom. The second-order valence-electron chi connectivity index (χ2n) is 2.19. The molecule has 1 rings (SSSR count). The van der Waals surface area contributed by atoms with E-state index in [4.69, 9.17) is 10.4 Å². The number of pyridine rings is 1. The quantitative estimate of drug-likeness (QED) is 0.699. The zero-order valence-electron chi connectivity index (χ0n) is 6.19. The lowest BCUT2D eigenvalue weighted by Gasteiger charge is -1.95. The molecule has 0 amide bonds. The maximum Gasteiger partial charge on any atom is 0.354 e. The van der Waals surface area contributed by atoms with Gasteiger partial charge in [-0.25, -0.2) is 9.78 Å². The largest absolute Gasteiger partial charge is 0.477 e. The van der Waals surface area contributed by atoms with Crippen LogP contribution in [0.15, 0.2) is 18.3 Å². The monoisotopic (exact) mass is 162 g/mol. The Kier molecular flexibility index (Phi) is 2.38. The lowest BCUT2D eigenvalue weighted by Crippen LogP contribution is -2.00. The number of aromatic nitrogens is 1. The van der Waals surface area contributed by atoms with Crippen LogP contribution < -0.4 is 0 Å². The van der Waals surface area contributed by atoms with Crippen molar-refractivity contribution in [2.45, 2.75) is 6.42 Å². The molecular formula is C8H6N2O2. The maximum absolute atomic E-state index is 10.4. The third-order valence-corrected chi connectivity index (χ3v) is 1.33. The molecule has 1 heterocycles. The molecule has 0 aliphatic carbocycles. The van der Waals surface area contributed by atoms with Crippen LogP contribution in [0.1, 0.15) is 16.1 Å². The minimum Gasteiger partial charge on any atom is -0.477 e. The number of carboxylic acids is 1. The Morgan fingerprint density at radius 3 is 3.08 bits per heavy atom. The van der Waals surface area contributed by atoms with Gasteiger partial charge in [0.2, 0.25) is 0 Å². The molecule has 1 N–H and O–H groups in total. The first kappa shape index (κ1) is 8.21. The minimum absolute atomic E-state index is 0.0252. The van der Waals surface area contributed by atoms with E-state index in [0.717, 1.165) is 0 Å². The third kappa shape index (κ3) is 1.80. The van der Waals surface area contributed by atoms with Gasteiger partial charge in [0, 0.05) is 6.20 Å². The van der Waals surface area contributed by atoms with E-state index in [2.05, 4.69) is 4.98 Å². The number of carbonyl (C=O) groups is 1. The van der Waals surface area contributed by atoms with E-state index in [1.165, 1.54) is 12.3 Å². The van der Waals surface area contributed by atoms with Gasteiger partial charge in [-0.05, 0) is 17.7 Å². The third-order valence-electron chi connectivity index (χ3n) is 1.33. The summed E-state index contributed by atoms with van der Waals surface area (Å²) in [6.45, 7) is 0. The van der Waals surface area contributed by atoms with Crippen LogP contribution in [0.5, 0.6) is 0 Å². The van der Waals surface area contributed by atoms with Gasteiger partial charge in [0.25, 0.3) is 0 Å². The number of rotatable bonds is 2. The summed E-state index contributed by atoms with van der Waals surface area (Å²) in [5, 5.41) is 16.9. The van der Waals surface area contributed by atoms with E-state index in [1.54, 1.807) is 6.07 Å². The van der Waals surface area contributed by atoms with Gasteiger partial charge >= 0.3 is 5.97 Å². The highest BCUT2D eigenvalue weighted by molar-refractivity contribution is 5.85. The summed E-state index contributed by atoms with van der Waals surface area (Å²) in [5.41, 5.74) is 0.646. The summed E-state index contributed by atoms with van der Waals surface area (Å²) in [6.07, 6.45) is 1.60. The van der Waals surface area contributed by atoms with Gasteiger partial charge < -0.3 is 5.11 Å². The van der Waals surface area contributed by atoms with E-state index in [0.29, 0.717) is 5.56 Å². The van der Waals surface area contributed by atoms with Crippen LogP contribution in [0.4, 0.5) is 0 Å². The zero-order chi connectivity index (χ0) is 8.97. The van der Waals surface area contributed by atoms with Crippen molar-refractivity contribution in [2.75, 3.05) is 0 Å². The molecule has 0 spiro atoms. The van der Waals surface area contributed by atoms with Gasteiger partial charge in [0.05, 0.1) is 12.5 Å². The number of nitrogens with zero attached hydrogens (tertiary/aromatic N) is 2. The standard InChI is InChI=1S/C8H6N2O2/c9-3-1-6-2-4-10-7(5-6)8(11)12/h2,4-5H,1H2,(H,11,12). The van der Waals surface area contributed by atoms with Gasteiger partial charge in [0.15, 0.2) is 0 Å². The molecule has 0 radical (unpaired) electrons. The molecule has 0 bridgehead atoms. The molecule has 4 heteroatoms. The van der Waals surface area contributed by atoms with E-state index < -0.39 is 5.97 Å². The summed E-state index contributed by atoms with van der Waals surface area (Å²) in [7, 11) is 0. The number of aromatic carboxylic acids is 1. The van der Waals surface area contributed by atoms with Crippen molar-refractivity contribution in [2.24, 2.45) is 0 Å². The molecule has 12 heavy (non-hydrogen) atoms. The lowest BCUT2D eigenvalue weighted by molar-refractivity contribution is 0.0690. The van der Waals surface area contributed by atoms with Crippen molar-refractivity contribution < 1.29 is 9.90 Å². The molecule has 0 aromatic carbocycles. The smallest absolute Gasteiger partial charge is 0.354 e.